The van der Waals surface area contributed by atoms with E-state index in [2.05, 4.69) is 0 Å². The number of morpholine rings is 1. The summed E-state index contributed by atoms with van der Waals surface area (Å²) >= 11 is 0. The minimum atomic E-state index is -4.36. The molecule has 7 nitrogen and oxygen atoms in total. The first kappa shape index (κ1) is 24.6. The van der Waals surface area contributed by atoms with Gasteiger partial charge in [-0.1, -0.05) is 24.3 Å². The Balaban J connectivity index is 1.51. The fourth-order valence-electron chi connectivity index (χ4n) is 4.43. The van der Waals surface area contributed by atoms with Crippen LogP contribution in [-0.2, 0) is 19.6 Å². The number of carbonyl (C=O) groups excluding carboxylic acids is 1. The van der Waals surface area contributed by atoms with Gasteiger partial charge in [-0.2, -0.15) is 4.31 Å². The lowest BCUT2D eigenvalue weighted by molar-refractivity contribution is -0.139. The molecule has 0 unspecified atom stereocenters. The highest BCUT2D eigenvalue weighted by Crippen LogP contribution is 2.38. The van der Waals surface area contributed by atoms with Crippen molar-refractivity contribution >= 4 is 15.9 Å². The second-order valence-corrected chi connectivity index (χ2v) is 10.6. The van der Waals surface area contributed by atoms with E-state index < -0.39 is 32.0 Å². The Kier molecular flexibility index (Phi) is 7.49. The number of halogens is 2. The topological polar surface area (TPSA) is 76.2 Å². The number of para-hydroxylation sites is 1. The molecule has 2 fully saturated rings. The number of hydrogen-bond acceptors (Lipinski definition) is 5. The van der Waals surface area contributed by atoms with Gasteiger partial charge in [0.2, 0.25) is 15.9 Å². The van der Waals surface area contributed by atoms with Crippen LogP contribution in [0.1, 0.15) is 19.3 Å². The van der Waals surface area contributed by atoms with Crippen LogP contribution in [0, 0.1) is 17.0 Å². The molecular formula is C24H28F2N2O5S. The minimum absolute atomic E-state index is 0.0311. The maximum absolute atomic E-state index is 14.2. The van der Waals surface area contributed by atoms with Crippen molar-refractivity contribution < 1.29 is 31.5 Å². The third-order valence-electron chi connectivity index (χ3n) is 6.48. The second-order valence-electron chi connectivity index (χ2n) is 8.73. The molecule has 0 aromatic heterocycles. The third-order valence-corrected chi connectivity index (χ3v) is 8.43. The quantitative estimate of drug-likeness (QED) is 0.592. The number of hydrogen-bond donors (Lipinski definition) is 0. The van der Waals surface area contributed by atoms with Crippen LogP contribution >= 0.6 is 0 Å². The van der Waals surface area contributed by atoms with Crippen LogP contribution in [0.4, 0.5) is 8.78 Å². The van der Waals surface area contributed by atoms with Gasteiger partial charge in [0.05, 0.1) is 19.8 Å². The Hall–Kier alpha value is -2.56. The zero-order valence-electron chi connectivity index (χ0n) is 18.8. The SMILES string of the molecule is O=C(CC1(COc2ccccc2)CCN(S(=O)(=O)c2c(F)cccc2F)CC1)N1CCOCC1. The van der Waals surface area contributed by atoms with Crippen molar-refractivity contribution in [3.05, 3.63) is 60.2 Å². The van der Waals surface area contributed by atoms with E-state index in [1.54, 1.807) is 4.90 Å². The Bertz CT molecular complexity index is 1080. The fraction of sp³-hybridized carbons (Fsp3) is 0.458. The van der Waals surface area contributed by atoms with Crippen molar-refractivity contribution in [2.45, 2.75) is 24.2 Å². The minimum Gasteiger partial charge on any atom is -0.493 e. The number of piperidine rings is 1. The third kappa shape index (κ3) is 5.39. The second kappa shape index (κ2) is 10.4. The van der Waals surface area contributed by atoms with Crippen molar-refractivity contribution in [2.24, 2.45) is 5.41 Å². The lowest BCUT2D eigenvalue weighted by Gasteiger charge is -2.41. The van der Waals surface area contributed by atoms with Gasteiger partial charge in [0.25, 0.3) is 0 Å². The van der Waals surface area contributed by atoms with Crippen LogP contribution in [0.2, 0.25) is 0 Å². The van der Waals surface area contributed by atoms with E-state index in [1.165, 1.54) is 0 Å². The molecule has 0 spiro atoms. The highest BCUT2D eigenvalue weighted by Gasteiger charge is 2.42. The molecule has 2 saturated heterocycles. The molecule has 2 aliphatic rings. The Morgan fingerprint density at radius 3 is 2.18 bits per heavy atom. The first-order valence-corrected chi connectivity index (χ1v) is 12.7. The lowest BCUT2D eigenvalue weighted by Crippen LogP contribution is -2.49. The Labute approximate surface area is 198 Å². The van der Waals surface area contributed by atoms with Gasteiger partial charge in [-0.25, -0.2) is 17.2 Å². The molecule has 0 N–H and O–H groups in total. The molecule has 2 aromatic carbocycles. The molecule has 2 aromatic rings. The van der Waals surface area contributed by atoms with Crippen molar-refractivity contribution in [3.8, 4) is 5.75 Å². The van der Waals surface area contributed by atoms with Crippen molar-refractivity contribution in [3.63, 3.8) is 0 Å². The molecular weight excluding hydrogens is 466 g/mol. The number of benzene rings is 2. The number of ether oxygens (including phenoxy) is 2. The van der Waals surface area contributed by atoms with Gasteiger partial charge < -0.3 is 14.4 Å². The molecule has 10 heteroatoms. The van der Waals surface area contributed by atoms with Crippen LogP contribution < -0.4 is 4.74 Å². The molecule has 184 valence electrons. The molecule has 4 rings (SSSR count). The van der Waals surface area contributed by atoms with Gasteiger partial charge in [0.15, 0.2) is 4.90 Å². The Morgan fingerprint density at radius 2 is 1.56 bits per heavy atom. The summed E-state index contributed by atoms with van der Waals surface area (Å²) in [6.07, 6.45) is 0.845. The highest BCUT2D eigenvalue weighted by molar-refractivity contribution is 7.89. The summed E-state index contributed by atoms with van der Waals surface area (Å²) < 4.78 is 66.9. The fourth-order valence-corrected chi connectivity index (χ4v) is 5.98. The van der Waals surface area contributed by atoms with E-state index in [0.717, 1.165) is 22.5 Å². The van der Waals surface area contributed by atoms with Crippen molar-refractivity contribution in [2.75, 3.05) is 46.0 Å². The molecule has 2 aliphatic heterocycles. The predicted molar refractivity (Wildman–Crippen MR) is 121 cm³/mol. The average molecular weight is 495 g/mol. The molecule has 0 bridgehead atoms. The standard InChI is InChI=1S/C24H28F2N2O5S/c25-20-7-4-8-21(26)23(20)34(30,31)28-11-9-24(10-12-28,18-33-19-5-2-1-3-6-19)17-22(29)27-13-15-32-16-14-27/h1-8H,9-18H2. The highest BCUT2D eigenvalue weighted by atomic mass is 32.2. The normalized spacial score (nSPS) is 19.1. The Morgan fingerprint density at radius 1 is 0.941 bits per heavy atom. The van der Waals surface area contributed by atoms with E-state index in [9.17, 15) is 22.0 Å². The average Bonchev–Trinajstić information content (AvgIpc) is 2.84. The number of sulfonamides is 1. The summed E-state index contributed by atoms with van der Waals surface area (Å²) in [5.41, 5.74) is -0.606. The summed E-state index contributed by atoms with van der Waals surface area (Å²) in [5, 5.41) is 0. The maximum Gasteiger partial charge on any atom is 0.248 e. The molecule has 34 heavy (non-hydrogen) atoms. The summed E-state index contributed by atoms with van der Waals surface area (Å²) in [6, 6.07) is 12.2. The molecule has 0 atom stereocenters. The van der Waals surface area contributed by atoms with Gasteiger partial charge in [-0.15, -0.1) is 0 Å². The maximum atomic E-state index is 14.2. The van der Waals surface area contributed by atoms with Crippen LogP contribution in [-0.4, -0.2) is 69.5 Å². The van der Waals surface area contributed by atoms with Crippen LogP contribution in [0.15, 0.2) is 53.4 Å². The van der Waals surface area contributed by atoms with Gasteiger partial charge in [0, 0.05) is 38.0 Å². The predicted octanol–water partition coefficient (Wildman–Crippen LogP) is 3.06. The first-order valence-electron chi connectivity index (χ1n) is 11.3. The smallest absolute Gasteiger partial charge is 0.248 e. The molecule has 0 aliphatic carbocycles. The van der Waals surface area contributed by atoms with E-state index >= 15 is 0 Å². The number of nitrogens with zero attached hydrogens (tertiary/aromatic N) is 2. The lowest BCUT2D eigenvalue weighted by atomic mass is 9.76. The summed E-state index contributed by atoms with van der Waals surface area (Å²) in [7, 11) is -4.36. The molecule has 1 amide bonds. The number of rotatable bonds is 7. The first-order chi connectivity index (χ1) is 16.3. The zero-order valence-corrected chi connectivity index (χ0v) is 19.6. The number of amides is 1. The molecule has 2 heterocycles. The van der Waals surface area contributed by atoms with Crippen LogP contribution in [0.3, 0.4) is 0 Å². The largest absolute Gasteiger partial charge is 0.493 e. The van der Waals surface area contributed by atoms with Crippen LogP contribution in [0.25, 0.3) is 0 Å². The zero-order chi connectivity index (χ0) is 24.2. The summed E-state index contributed by atoms with van der Waals surface area (Å²) in [6.45, 7) is 2.30. The summed E-state index contributed by atoms with van der Waals surface area (Å²) in [4.78, 5) is 13.9. The van der Waals surface area contributed by atoms with E-state index in [1.807, 2.05) is 30.3 Å². The van der Waals surface area contributed by atoms with Crippen molar-refractivity contribution in [1.82, 2.24) is 9.21 Å². The van der Waals surface area contributed by atoms with Gasteiger partial charge in [0.1, 0.15) is 17.4 Å². The van der Waals surface area contributed by atoms with Gasteiger partial charge in [-0.3, -0.25) is 4.79 Å². The summed E-state index contributed by atoms with van der Waals surface area (Å²) in [5.74, 6) is -1.61. The molecule has 0 saturated carbocycles. The van der Waals surface area contributed by atoms with Crippen LogP contribution in [0.5, 0.6) is 5.75 Å². The van der Waals surface area contributed by atoms with E-state index in [-0.39, 0.29) is 32.0 Å². The molecule has 0 radical (unpaired) electrons. The monoisotopic (exact) mass is 494 g/mol. The van der Waals surface area contributed by atoms with E-state index in [4.69, 9.17) is 9.47 Å². The van der Waals surface area contributed by atoms with Gasteiger partial charge in [-0.05, 0) is 37.1 Å². The number of carbonyl (C=O) groups is 1. The van der Waals surface area contributed by atoms with Gasteiger partial charge >= 0.3 is 0 Å². The van der Waals surface area contributed by atoms with E-state index in [0.29, 0.717) is 44.9 Å². The van der Waals surface area contributed by atoms with Crippen molar-refractivity contribution in [1.29, 1.82) is 0 Å².